The molecular formula is C14H20ClNO3S. The van der Waals surface area contributed by atoms with Crippen LogP contribution in [0.2, 0.25) is 5.02 Å². The minimum absolute atomic E-state index is 0.00658. The summed E-state index contributed by atoms with van der Waals surface area (Å²) in [4.78, 5) is 12.9. The van der Waals surface area contributed by atoms with Gasteiger partial charge < -0.3 is 15.2 Å². The standard InChI is InChI=1S/C14H20ClNO3S/c1-11(20-13-5-3-12(15)4-6-13)14(18)16-7-2-9-19-10-8-17/h3-6,11,17H,2,7-10H2,1H3,(H,16,18). The maximum Gasteiger partial charge on any atom is 0.233 e. The van der Waals surface area contributed by atoms with Crippen LogP contribution >= 0.6 is 23.4 Å². The van der Waals surface area contributed by atoms with E-state index in [1.807, 2.05) is 31.2 Å². The predicted molar refractivity (Wildman–Crippen MR) is 82.3 cm³/mol. The van der Waals surface area contributed by atoms with Crippen LogP contribution in [0.5, 0.6) is 0 Å². The van der Waals surface area contributed by atoms with Crippen LogP contribution in [0.15, 0.2) is 29.2 Å². The lowest BCUT2D eigenvalue weighted by Crippen LogP contribution is -2.32. The summed E-state index contributed by atoms with van der Waals surface area (Å²) in [6, 6.07) is 7.43. The Balaban J connectivity index is 2.20. The molecular weight excluding hydrogens is 298 g/mol. The lowest BCUT2D eigenvalue weighted by atomic mass is 10.4. The van der Waals surface area contributed by atoms with Gasteiger partial charge in [-0.25, -0.2) is 0 Å². The second-order valence-corrected chi connectivity index (χ2v) is 6.05. The molecule has 2 N–H and O–H groups in total. The molecule has 0 aliphatic heterocycles. The van der Waals surface area contributed by atoms with Gasteiger partial charge in [0.25, 0.3) is 0 Å². The van der Waals surface area contributed by atoms with Crippen LogP contribution in [0.3, 0.4) is 0 Å². The summed E-state index contributed by atoms with van der Waals surface area (Å²) in [6.07, 6.45) is 0.740. The Morgan fingerprint density at radius 3 is 2.75 bits per heavy atom. The van der Waals surface area contributed by atoms with E-state index in [0.717, 1.165) is 11.3 Å². The summed E-state index contributed by atoms with van der Waals surface area (Å²) >= 11 is 7.31. The van der Waals surface area contributed by atoms with Crippen LogP contribution < -0.4 is 5.32 Å². The van der Waals surface area contributed by atoms with E-state index in [-0.39, 0.29) is 17.8 Å². The average molecular weight is 318 g/mol. The van der Waals surface area contributed by atoms with E-state index < -0.39 is 0 Å². The first kappa shape index (κ1) is 17.3. The number of hydrogen-bond acceptors (Lipinski definition) is 4. The minimum atomic E-state index is -0.158. The monoisotopic (exact) mass is 317 g/mol. The molecule has 0 saturated heterocycles. The number of thioether (sulfide) groups is 1. The van der Waals surface area contributed by atoms with E-state index in [4.69, 9.17) is 21.4 Å². The Labute approximate surface area is 128 Å². The fourth-order valence-corrected chi connectivity index (χ4v) is 2.48. The van der Waals surface area contributed by atoms with Crippen molar-refractivity contribution in [3.8, 4) is 0 Å². The van der Waals surface area contributed by atoms with Gasteiger partial charge in [-0.3, -0.25) is 4.79 Å². The average Bonchev–Trinajstić information content (AvgIpc) is 2.45. The summed E-state index contributed by atoms with van der Waals surface area (Å²) < 4.78 is 5.11. The first-order valence-electron chi connectivity index (χ1n) is 6.52. The van der Waals surface area contributed by atoms with Crippen LogP contribution in [-0.4, -0.2) is 42.6 Å². The number of carbonyl (C=O) groups excluding carboxylic acids is 1. The van der Waals surface area contributed by atoms with E-state index in [0.29, 0.717) is 24.8 Å². The third kappa shape index (κ3) is 7.14. The van der Waals surface area contributed by atoms with E-state index in [1.165, 1.54) is 11.8 Å². The molecule has 112 valence electrons. The van der Waals surface area contributed by atoms with Gasteiger partial charge in [-0.15, -0.1) is 11.8 Å². The zero-order valence-electron chi connectivity index (χ0n) is 11.5. The van der Waals surface area contributed by atoms with Gasteiger partial charge in [0, 0.05) is 23.1 Å². The van der Waals surface area contributed by atoms with E-state index in [9.17, 15) is 4.79 Å². The van der Waals surface area contributed by atoms with Crippen LogP contribution in [0, 0.1) is 0 Å². The van der Waals surface area contributed by atoms with Gasteiger partial charge in [0.2, 0.25) is 5.91 Å². The summed E-state index contributed by atoms with van der Waals surface area (Å²) in [6.45, 7) is 3.37. The van der Waals surface area contributed by atoms with Gasteiger partial charge in [0.15, 0.2) is 0 Å². The number of halogens is 1. The molecule has 1 aromatic carbocycles. The molecule has 0 spiro atoms. The quantitative estimate of drug-likeness (QED) is 0.542. The molecule has 4 nitrogen and oxygen atoms in total. The maximum atomic E-state index is 11.9. The largest absolute Gasteiger partial charge is 0.394 e. The van der Waals surface area contributed by atoms with Crippen molar-refractivity contribution in [1.82, 2.24) is 5.32 Å². The number of carbonyl (C=O) groups is 1. The van der Waals surface area contributed by atoms with Crippen molar-refractivity contribution in [3.63, 3.8) is 0 Å². The molecule has 0 aromatic heterocycles. The fraction of sp³-hybridized carbons (Fsp3) is 0.500. The Morgan fingerprint density at radius 2 is 2.10 bits per heavy atom. The normalized spacial score (nSPS) is 12.2. The lowest BCUT2D eigenvalue weighted by molar-refractivity contribution is -0.120. The molecule has 0 aliphatic carbocycles. The zero-order valence-corrected chi connectivity index (χ0v) is 13.0. The smallest absolute Gasteiger partial charge is 0.233 e. The zero-order chi connectivity index (χ0) is 14.8. The number of hydrogen-bond donors (Lipinski definition) is 2. The van der Waals surface area contributed by atoms with Crippen LogP contribution in [0.4, 0.5) is 0 Å². The molecule has 1 unspecified atom stereocenters. The second-order valence-electron chi connectivity index (χ2n) is 4.19. The highest BCUT2D eigenvalue weighted by Gasteiger charge is 2.13. The molecule has 1 atom stereocenters. The first-order valence-corrected chi connectivity index (χ1v) is 7.78. The van der Waals surface area contributed by atoms with Crippen molar-refractivity contribution in [2.24, 2.45) is 0 Å². The van der Waals surface area contributed by atoms with Crippen LogP contribution in [0.25, 0.3) is 0 Å². The Bertz CT molecular complexity index is 400. The maximum absolute atomic E-state index is 11.9. The highest BCUT2D eigenvalue weighted by Crippen LogP contribution is 2.24. The Hall–Kier alpha value is -0.750. The summed E-state index contributed by atoms with van der Waals surface area (Å²) in [5, 5.41) is 11.9. The SMILES string of the molecule is CC(Sc1ccc(Cl)cc1)C(=O)NCCCOCCO. The summed E-state index contributed by atoms with van der Waals surface area (Å²) in [5.41, 5.74) is 0. The Kier molecular flexibility index (Phi) is 8.69. The van der Waals surface area contributed by atoms with Crippen LogP contribution in [0.1, 0.15) is 13.3 Å². The summed E-state index contributed by atoms with van der Waals surface area (Å²) in [5.74, 6) is 0.00658. The number of nitrogens with one attached hydrogen (secondary N) is 1. The molecule has 0 fully saturated rings. The van der Waals surface area contributed by atoms with E-state index in [2.05, 4.69) is 5.32 Å². The van der Waals surface area contributed by atoms with Gasteiger partial charge >= 0.3 is 0 Å². The molecule has 0 heterocycles. The molecule has 0 radical (unpaired) electrons. The number of rotatable bonds is 9. The third-order valence-corrected chi connectivity index (χ3v) is 3.86. The fourth-order valence-electron chi connectivity index (χ4n) is 1.47. The summed E-state index contributed by atoms with van der Waals surface area (Å²) in [7, 11) is 0. The number of aliphatic hydroxyl groups excluding tert-OH is 1. The number of aliphatic hydroxyl groups is 1. The molecule has 0 aliphatic rings. The molecule has 0 saturated carbocycles. The molecule has 6 heteroatoms. The van der Waals surface area contributed by atoms with E-state index in [1.54, 1.807) is 0 Å². The van der Waals surface area contributed by atoms with Gasteiger partial charge in [-0.2, -0.15) is 0 Å². The second kappa shape index (κ2) is 10.0. The van der Waals surface area contributed by atoms with Crippen molar-refractivity contribution in [2.75, 3.05) is 26.4 Å². The number of benzene rings is 1. The van der Waals surface area contributed by atoms with Crippen molar-refractivity contribution in [3.05, 3.63) is 29.3 Å². The molecule has 1 aromatic rings. The predicted octanol–water partition coefficient (Wildman–Crippen LogP) is 2.34. The first-order chi connectivity index (χ1) is 9.63. The van der Waals surface area contributed by atoms with Crippen molar-refractivity contribution in [1.29, 1.82) is 0 Å². The van der Waals surface area contributed by atoms with Crippen LogP contribution in [-0.2, 0) is 9.53 Å². The van der Waals surface area contributed by atoms with Gasteiger partial charge in [0.1, 0.15) is 0 Å². The molecule has 1 amide bonds. The number of amides is 1. The molecule has 0 bridgehead atoms. The molecule has 20 heavy (non-hydrogen) atoms. The highest BCUT2D eigenvalue weighted by atomic mass is 35.5. The van der Waals surface area contributed by atoms with Crippen molar-refractivity contribution >= 4 is 29.3 Å². The van der Waals surface area contributed by atoms with Crippen molar-refractivity contribution < 1.29 is 14.6 Å². The minimum Gasteiger partial charge on any atom is -0.394 e. The van der Waals surface area contributed by atoms with Gasteiger partial charge in [-0.1, -0.05) is 11.6 Å². The third-order valence-electron chi connectivity index (χ3n) is 2.50. The number of ether oxygens (including phenoxy) is 1. The lowest BCUT2D eigenvalue weighted by Gasteiger charge is -2.12. The topological polar surface area (TPSA) is 58.6 Å². The highest BCUT2D eigenvalue weighted by molar-refractivity contribution is 8.00. The van der Waals surface area contributed by atoms with E-state index >= 15 is 0 Å². The van der Waals surface area contributed by atoms with Gasteiger partial charge in [-0.05, 0) is 37.6 Å². The molecule has 1 rings (SSSR count). The Morgan fingerprint density at radius 1 is 1.40 bits per heavy atom. The van der Waals surface area contributed by atoms with Gasteiger partial charge in [0.05, 0.1) is 18.5 Å². The van der Waals surface area contributed by atoms with Crippen molar-refractivity contribution in [2.45, 2.75) is 23.5 Å².